The second-order valence-corrected chi connectivity index (χ2v) is 9.67. The second-order valence-electron chi connectivity index (χ2n) is 9.67. The van der Waals surface area contributed by atoms with E-state index in [0.29, 0.717) is 65.7 Å². The number of nitrogens with zero attached hydrogens (tertiary/aromatic N) is 8. The Hall–Kier alpha value is -5.33. The van der Waals surface area contributed by atoms with Crippen LogP contribution in [0.25, 0.3) is 28.3 Å². The molecule has 7 rings (SSSR count). The number of furan rings is 1. The number of benzene rings is 2. The van der Waals surface area contributed by atoms with Crippen LogP contribution in [0.3, 0.4) is 0 Å². The number of nitrogens with two attached hydrogens (primary N) is 1. The quantitative estimate of drug-likeness (QED) is 0.343. The molecule has 206 valence electrons. The number of nitrogen functional groups attached to an aromatic ring is 1. The Balaban J connectivity index is 1.25. The predicted octanol–water partition coefficient (Wildman–Crippen LogP) is 3.53. The van der Waals surface area contributed by atoms with Crippen molar-refractivity contribution in [2.45, 2.75) is 6.04 Å². The van der Waals surface area contributed by atoms with Gasteiger partial charge in [-0.3, -0.25) is 4.79 Å². The minimum absolute atomic E-state index is 0.0776. The fraction of sp³-hybridized carbons (Fsp3) is 0.179. The highest BCUT2D eigenvalue weighted by atomic mass is 19.1. The molecule has 1 atom stereocenters. The molecule has 0 saturated carbocycles. The van der Waals surface area contributed by atoms with E-state index in [1.54, 1.807) is 32.8 Å². The van der Waals surface area contributed by atoms with E-state index in [9.17, 15) is 13.6 Å². The second kappa shape index (κ2) is 9.70. The molecule has 5 heterocycles. The molecule has 11 nitrogen and oxygen atoms in total. The van der Waals surface area contributed by atoms with Crippen molar-refractivity contribution in [3.05, 3.63) is 90.3 Å². The van der Waals surface area contributed by atoms with Gasteiger partial charge in [-0.15, -0.1) is 5.10 Å². The highest BCUT2D eigenvalue weighted by Crippen LogP contribution is 2.29. The molecule has 1 aliphatic rings. The summed E-state index contributed by atoms with van der Waals surface area (Å²) in [4.78, 5) is 26.8. The van der Waals surface area contributed by atoms with Crippen LogP contribution in [0.4, 0.5) is 20.4 Å². The number of fused-ring (bicyclic) bond motifs is 3. The van der Waals surface area contributed by atoms with E-state index in [-0.39, 0.29) is 11.9 Å². The van der Waals surface area contributed by atoms with Crippen molar-refractivity contribution in [2.75, 3.05) is 36.8 Å². The summed E-state index contributed by atoms with van der Waals surface area (Å²) in [5.41, 5.74) is 8.12. The highest BCUT2D eigenvalue weighted by molar-refractivity contribution is 5.92. The van der Waals surface area contributed by atoms with Gasteiger partial charge in [-0.2, -0.15) is 14.6 Å². The molecule has 0 spiro atoms. The first-order valence-electron chi connectivity index (χ1n) is 12.9. The Labute approximate surface area is 231 Å². The largest absolute Gasteiger partial charge is 0.461 e. The number of carbonyl (C=O) groups is 1. The fourth-order valence-electron chi connectivity index (χ4n) is 5.23. The average Bonchev–Trinajstić information content (AvgIpc) is 3.75. The maximum Gasteiger partial charge on any atom is 0.252 e. The van der Waals surface area contributed by atoms with E-state index in [1.165, 1.54) is 22.9 Å². The van der Waals surface area contributed by atoms with Gasteiger partial charge in [0.2, 0.25) is 11.8 Å². The number of piperazine rings is 1. The Morgan fingerprint density at radius 2 is 1.76 bits per heavy atom. The van der Waals surface area contributed by atoms with Crippen molar-refractivity contribution < 1.29 is 18.0 Å². The first-order valence-corrected chi connectivity index (χ1v) is 12.9. The lowest BCUT2D eigenvalue weighted by Crippen LogP contribution is -2.51. The molecular weight excluding hydrogens is 532 g/mol. The van der Waals surface area contributed by atoms with Crippen molar-refractivity contribution in [3.63, 3.8) is 0 Å². The lowest BCUT2D eigenvalue weighted by molar-refractivity contribution is -0.134. The smallest absolute Gasteiger partial charge is 0.252 e. The van der Waals surface area contributed by atoms with E-state index in [4.69, 9.17) is 10.2 Å². The third-order valence-corrected chi connectivity index (χ3v) is 7.23. The maximum absolute atomic E-state index is 14.4. The monoisotopic (exact) mass is 555 g/mol. The van der Waals surface area contributed by atoms with Crippen LogP contribution in [0.2, 0.25) is 0 Å². The topological polar surface area (TPSA) is 124 Å². The third kappa shape index (κ3) is 4.22. The van der Waals surface area contributed by atoms with Gasteiger partial charge < -0.3 is 20.0 Å². The van der Waals surface area contributed by atoms with Crippen molar-refractivity contribution >= 4 is 34.2 Å². The number of hydrogen-bond donors (Lipinski definition) is 1. The zero-order chi connectivity index (χ0) is 28.1. The zero-order valence-electron chi connectivity index (χ0n) is 21.6. The molecule has 0 radical (unpaired) electrons. The van der Waals surface area contributed by atoms with Crippen LogP contribution in [0.5, 0.6) is 0 Å². The van der Waals surface area contributed by atoms with E-state index >= 15 is 0 Å². The number of hydrogen-bond acceptors (Lipinski definition) is 8. The molecule has 4 aromatic heterocycles. The highest BCUT2D eigenvalue weighted by Gasteiger charge is 2.33. The summed E-state index contributed by atoms with van der Waals surface area (Å²) in [7, 11) is 0. The summed E-state index contributed by atoms with van der Waals surface area (Å²) >= 11 is 0. The fourth-order valence-corrected chi connectivity index (χ4v) is 5.23. The molecule has 1 amide bonds. The molecule has 0 aliphatic carbocycles. The number of halogens is 2. The lowest BCUT2D eigenvalue weighted by Gasteiger charge is -2.37. The van der Waals surface area contributed by atoms with Crippen LogP contribution in [-0.2, 0) is 4.79 Å². The first kappa shape index (κ1) is 24.7. The Morgan fingerprint density at radius 1 is 0.951 bits per heavy atom. The molecule has 0 bridgehead atoms. The summed E-state index contributed by atoms with van der Waals surface area (Å²) in [5.74, 6) is -0.562. The van der Waals surface area contributed by atoms with Gasteiger partial charge in [-0.25, -0.2) is 18.4 Å². The van der Waals surface area contributed by atoms with Crippen LogP contribution in [0.15, 0.2) is 77.5 Å². The van der Waals surface area contributed by atoms with Crippen molar-refractivity contribution in [1.29, 1.82) is 0 Å². The summed E-state index contributed by atoms with van der Waals surface area (Å²) in [6.07, 6.45) is 3.12. The third-order valence-electron chi connectivity index (χ3n) is 7.23. The molecule has 1 aliphatic heterocycles. The number of carbonyl (C=O) groups excluding carboxylic acids is 1. The molecule has 2 N–H and O–H groups in total. The average molecular weight is 556 g/mol. The van der Waals surface area contributed by atoms with E-state index < -0.39 is 17.7 Å². The molecule has 1 fully saturated rings. The van der Waals surface area contributed by atoms with Gasteiger partial charge in [0, 0.05) is 32.2 Å². The van der Waals surface area contributed by atoms with Gasteiger partial charge >= 0.3 is 0 Å². The molecular formula is C28H23F2N9O2. The minimum Gasteiger partial charge on any atom is -0.461 e. The van der Waals surface area contributed by atoms with Crippen molar-refractivity contribution in [1.82, 2.24) is 34.3 Å². The van der Waals surface area contributed by atoms with Crippen LogP contribution in [0.1, 0.15) is 11.6 Å². The molecule has 1 saturated heterocycles. The Bertz CT molecular complexity index is 1880. The maximum atomic E-state index is 14.4. The van der Waals surface area contributed by atoms with Crippen molar-refractivity contribution in [2.24, 2.45) is 0 Å². The number of anilines is 2. The van der Waals surface area contributed by atoms with Gasteiger partial charge in [0.15, 0.2) is 23.1 Å². The standard InChI is InChI=1S/C28H23F2N9O2/c29-18-8-9-21(20(30)15-18)36-10-12-37(13-11-36)27(40)23(17-5-2-1-3-6-17)38-26-19(16-32-38)25-33-24(22-7-4-14-41-22)35-39(25)28(31)34-26/h1-9,14-16,23H,10-13H2,(H2,31,34). The Morgan fingerprint density at radius 3 is 2.49 bits per heavy atom. The zero-order valence-corrected chi connectivity index (χ0v) is 21.6. The van der Waals surface area contributed by atoms with E-state index in [1.807, 2.05) is 30.3 Å². The summed E-state index contributed by atoms with van der Waals surface area (Å²) in [6.45, 7) is 1.46. The molecule has 6 aromatic rings. The summed E-state index contributed by atoms with van der Waals surface area (Å²) in [5, 5.41) is 9.58. The summed E-state index contributed by atoms with van der Waals surface area (Å²) < 4.78 is 36.2. The van der Waals surface area contributed by atoms with Crippen LogP contribution in [0, 0.1) is 11.6 Å². The minimum atomic E-state index is -0.843. The van der Waals surface area contributed by atoms with Gasteiger partial charge in [0.1, 0.15) is 11.6 Å². The van der Waals surface area contributed by atoms with Gasteiger partial charge in [-0.1, -0.05) is 30.3 Å². The van der Waals surface area contributed by atoms with Gasteiger partial charge in [-0.05, 0) is 29.8 Å². The SMILES string of the molecule is Nc1nc2c(cnn2C(C(=O)N2CCN(c3ccc(F)cc3F)CC2)c2ccccc2)c2nc(-c3ccco3)nn12. The number of aromatic nitrogens is 6. The molecule has 2 aromatic carbocycles. The van der Waals surface area contributed by atoms with Crippen LogP contribution >= 0.6 is 0 Å². The predicted molar refractivity (Wildman–Crippen MR) is 146 cm³/mol. The van der Waals surface area contributed by atoms with Gasteiger partial charge in [0.25, 0.3) is 5.91 Å². The van der Waals surface area contributed by atoms with Crippen LogP contribution < -0.4 is 10.6 Å². The van der Waals surface area contributed by atoms with Gasteiger partial charge in [0.05, 0.1) is 23.5 Å². The number of rotatable bonds is 5. The number of amides is 1. The molecule has 1 unspecified atom stereocenters. The van der Waals surface area contributed by atoms with Crippen molar-refractivity contribution in [3.8, 4) is 11.6 Å². The summed E-state index contributed by atoms with van der Waals surface area (Å²) in [6, 6.07) is 15.4. The lowest BCUT2D eigenvalue weighted by atomic mass is 10.0. The molecule has 41 heavy (non-hydrogen) atoms. The molecule has 13 heteroatoms. The normalized spacial score (nSPS) is 14.7. The Kier molecular flexibility index (Phi) is 5.84. The van der Waals surface area contributed by atoms with Crippen LogP contribution in [-0.4, -0.2) is 66.3 Å². The first-order chi connectivity index (χ1) is 20.0. The van der Waals surface area contributed by atoms with E-state index in [2.05, 4.69) is 20.2 Å². The van der Waals surface area contributed by atoms with E-state index in [0.717, 1.165) is 6.07 Å².